The quantitative estimate of drug-likeness (QED) is 0.687. The van der Waals surface area contributed by atoms with Gasteiger partial charge in [-0.15, -0.1) is 0 Å². The van der Waals surface area contributed by atoms with Crippen LogP contribution in [0.2, 0.25) is 5.02 Å². The van der Waals surface area contributed by atoms with Gasteiger partial charge in [-0.1, -0.05) is 30.9 Å². The van der Waals surface area contributed by atoms with Gasteiger partial charge in [0.25, 0.3) is 0 Å². The summed E-state index contributed by atoms with van der Waals surface area (Å²) >= 11 is 6.19. The van der Waals surface area contributed by atoms with Crippen LogP contribution >= 0.6 is 11.6 Å². The van der Waals surface area contributed by atoms with E-state index in [0.717, 1.165) is 36.4 Å². The van der Waals surface area contributed by atoms with Gasteiger partial charge in [-0.05, 0) is 44.9 Å². The topological polar surface area (TPSA) is 96.0 Å². The minimum Gasteiger partial charge on any atom is -0.495 e. The molecule has 1 saturated carbocycles. The van der Waals surface area contributed by atoms with Crippen LogP contribution in [0.3, 0.4) is 0 Å². The predicted molar refractivity (Wildman–Crippen MR) is 120 cm³/mol. The van der Waals surface area contributed by atoms with E-state index in [1.54, 1.807) is 25.1 Å². The molecule has 1 atom stereocenters. The van der Waals surface area contributed by atoms with Gasteiger partial charge in [-0.3, -0.25) is 14.5 Å². The number of sulfonamides is 1. The van der Waals surface area contributed by atoms with E-state index in [9.17, 15) is 18.0 Å². The number of piperazine rings is 1. The lowest BCUT2D eigenvalue weighted by Gasteiger charge is -2.47. The van der Waals surface area contributed by atoms with Gasteiger partial charge in [0.1, 0.15) is 11.3 Å². The van der Waals surface area contributed by atoms with E-state index in [1.807, 2.05) is 0 Å². The molecular weight excluding hydrogens is 442 g/mol. The summed E-state index contributed by atoms with van der Waals surface area (Å²) < 4.78 is 31.7. The zero-order valence-corrected chi connectivity index (χ0v) is 19.8. The highest BCUT2D eigenvalue weighted by atomic mass is 35.5. The molecule has 0 unspecified atom stereocenters. The van der Waals surface area contributed by atoms with E-state index in [1.165, 1.54) is 18.9 Å². The summed E-state index contributed by atoms with van der Waals surface area (Å²) in [6.45, 7) is 2.62. The Kier molecular flexibility index (Phi) is 7.18. The van der Waals surface area contributed by atoms with E-state index < -0.39 is 21.5 Å². The molecule has 1 saturated heterocycles. The molecule has 0 bridgehead atoms. The number of carbonyl (C=O) groups is 2. The Morgan fingerprint density at radius 1 is 1.29 bits per heavy atom. The van der Waals surface area contributed by atoms with Crippen molar-refractivity contribution in [1.82, 2.24) is 9.62 Å². The van der Waals surface area contributed by atoms with Crippen LogP contribution in [0.15, 0.2) is 18.2 Å². The molecule has 1 aliphatic heterocycles. The number of hydrogen-bond acceptors (Lipinski definition) is 5. The minimum absolute atomic E-state index is 0.00874. The van der Waals surface area contributed by atoms with Gasteiger partial charge in [-0.25, -0.2) is 8.42 Å². The zero-order chi connectivity index (χ0) is 22.8. The molecule has 172 valence electrons. The van der Waals surface area contributed by atoms with E-state index in [4.69, 9.17) is 16.3 Å². The van der Waals surface area contributed by atoms with Crippen molar-refractivity contribution < 1.29 is 22.7 Å². The van der Waals surface area contributed by atoms with Gasteiger partial charge in [0.05, 0.1) is 25.1 Å². The van der Waals surface area contributed by atoms with Crippen LogP contribution in [0.1, 0.15) is 46.0 Å². The van der Waals surface area contributed by atoms with Gasteiger partial charge in [0.2, 0.25) is 21.8 Å². The molecule has 8 nitrogen and oxygen atoms in total. The average Bonchev–Trinajstić information content (AvgIpc) is 2.74. The number of hydrogen-bond donors (Lipinski definition) is 1. The third-order valence-corrected chi connectivity index (χ3v) is 8.12. The van der Waals surface area contributed by atoms with Crippen LogP contribution in [-0.4, -0.2) is 62.1 Å². The molecule has 0 aromatic heterocycles. The minimum atomic E-state index is -3.67. The monoisotopic (exact) mass is 471 g/mol. The molecule has 2 amide bonds. The largest absolute Gasteiger partial charge is 0.495 e. The van der Waals surface area contributed by atoms with E-state index in [2.05, 4.69) is 5.32 Å². The van der Waals surface area contributed by atoms with Crippen LogP contribution in [0, 0.1) is 0 Å². The normalized spacial score (nSPS) is 23.6. The van der Waals surface area contributed by atoms with Crippen molar-refractivity contribution >= 4 is 39.1 Å². The summed E-state index contributed by atoms with van der Waals surface area (Å²) in [4.78, 5) is 28.2. The molecule has 1 aromatic rings. The van der Waals surface area contributed by atoms with Crippen LogP contribution < -0.4 is 15.0 Å². The first-order valence-electron chi connectivity index (χ1n) is 10.6. The summed E-state index contributed by atoms with van der Waals surface area (Å²) in [7, 11) is -2.21. The second-order valence-corrected chi connectivity index (χ2v) is 11.0. The molecule has 2 aliphatic rings. The van der Waals surface area contributed by atoms with Gasteiger partial charge < -0.3 is 10.1 Å². The maximum Gasteiger partial charge on any atom is 0.247 e. The second kappa shape index (κ2) is 9.34. The standard InChI is InChI=1S/C21H30ClN3O5S/c1-4-31(28,29)24-13-19(26)25(17-12-15(22)10-11-18(17)30-3)21(2,14-24)20(27)23-16-8-6-5-7-9-16/h10-12,16H,4-9,13-14H2,1-3H3,(H,23,27)/t21-/m1/s1. The first-order chi connectivity index (χ1) is 14.6. The summed E-state index contributed by atoms with van der Waals surface area (Å²) in [6.07, 6.45) is 4.93. The highest BCUT2D eigenvalue weighted by Crippen LogP contribution is 2.38. The van der Waals surface area contributed by atoms with Gasteiger partial charge >= 0.3 is 0 Å². The molecule has 1 aromatic carbocycles. The molecule has 0 spiro atoms. The number of halogens is 1. The van der Waals surface area contributed by atoms with E-state index in [0.29, 0.717) is 16.5 Å². The van der Waals surface area contributed by atoms with Gasteiger partial charge in [0, 0.05) is 17.6 Å². The van der Waals surface area contributed by atoms with Crippen molar-refractivity contribution in [2.75, 3.05) is 30.9 Å². The first kappa shape index (κ1) is 23.8. The molecule has 10 heteroatoms. The lowest BCUT2D eigenvalue weighted by Crippen LogP contribution is -2.71. The number of methoxy groups -OCH3 is 1. The van der Waals surface area contributed by atoms with Crippen molar-refractivity contribution in [1.29, 1.82) is 0 Å². The third kappa shape index (κ3) is 4.83. The van der Waals surface area contributed by atoms with Crippen molar-refractivity contribution in [2.24, 2.45) is 0 Å². The van der Waals surface area contributed by atoms with E-state index in [-0.39, 0.29) is 30.8 Å². The number of amides is 2. The fourth-order valence-corrected chi connectivity index (χ4v) is 5.63. The van der Waals surface area contributed by atoms with Crippen molar-refractivity contribution in [3.05, 3.63) is 23.2 Å². The van der Waals surface area contributed by atoms with Gasteiger partial charge in [0.15, 0.2) is 0 Å². The Labute approximate surface area is 188 Å². The Balaban J connectivity index is 2.05. The van der Waals surface area contributed by atoms with Crippen LogP contribution in [-0.2, 0) is 19.6 Å². The summed E-state index contributed by atoms with van der Waals surface area (Å²) in [6, 6.07) is 4.83. The summed E-state index contributed by atoms with van der Waals surface area (Å²) in [5.74, 6) is -0.668. The second-order valence-electron chi connectivity index (χ2n) is 8.30. The number of nitrogens with one attached hydrogen (secondary N) is 1. The average molecular weight is 472 g/mol. The lowest BCUT2D eigenvalue weighted by atomic mass is 9.91. The highest BCUT2D eigenvalue weighted by Gasteiger charge is 2.51. The van der Waals surface area contributed by atoms with Crippen LogP contribution in [0.25, 0.3) is 0 Å². The number of nitrogens with zero attached hydrogens (tertiary/aromatic N) is 2. The fourth-order valence-electron chi connectivity index (χ4n) is 4.35. The number of carbonyl (C=O) groups excluding carboxylic acids is 2. The SMILES string of the molecule is CCS(=O)(=O)N1CC(=O)N(c2cc(Cl)ccc2OC)[C@@](C)(C(=O)NC2CCCCC2)C1. The highest BCUT2D eigenvalue weighted by molar-refractivity contribution is 7.89. The number of ether oxygens (including phenoxy) is 1. The Bertz CT molecular complexity index is 948. The molecule has 3 rings (SSSR count). The third-order valence-electron chi connectivity index (χ3n) is 6.11. The summed E-state index contributed by atoms with van der Waals surface area (Å²) in [5.41, 5.74) is -1.12. The predicted octanol–water partition coefficient (Wildman–Crippen LogP) is 2.55. The molecular formula is C21H30ClN3O5S. The molecule has 1 aliphatic carbocycles. The van der Waals surface area contributed by atoms with Crippen LogP contribution in [0.4, 0.5) is 5.69 Å². The van der Waals surface area contributed by atoms with Gasteiger partial charge in [-0.2, -0.15) is 4.31 Å². The fraction of sp³-hybridized carbons (Fsp3) is 0.619. The van der Waals surface area contributed by atoms with Crippen molar-refractivity contribution in [3.8, 4) is 5.75 Å². The first-order valence-corrected chi connectivity index (χ1v) is 12.6. The lowest BCUT2D eigenvalue weighted by molar-refractivity contribution is -0.133. The van der Waals surface area contributed by atoms with Crippen molar-refractivity contribution in [2.45, 2.75) is 57.5 Å². The summed E-state index contributed by atoms with van der Waals surface area (Å²) in [5, 5.41) is 3.44. The van der Waals surface area contributed by atoms with Crippen LogP contribution in [0.5, 0.6) is 5.75 Å². The molecule has 1 N–H and O–H groups in total. The molecule has 1 heterocycles. The maximum absolute atomic E-state index is 13.6. The molecule has 31 heavy (non-hydrogen) atoms. The zero-order valence-electron chi connectivity index (χ0n) is 18.2. The number of anilines is 1. The maximum atomic E-state index is 13.6. The van der Waals surface area contributed by atoms with Crippen molar-refractivity contribution in [3.63, 3.8) is 0 Å². The molecule has 2 fully saturated rings. The smallest absolute Gasteiger partial charge is 0.247 e. The number of benzene rings is 1. The Morgan fingerprint density at radius 2 is 1.97 bits per heavy atom. The van der Waals surface area contributed by atoms with E-state index >= 15 is 0 Å². The Morgan fingerprint density at radius 3 is 2.58 bits per heavy atom. The molecule has 0 radical (unpaired) electrons. The Hall–Kier alpha value is -1.84. The number of rotatable bonds is 6.